The summed E-state index contributed by atoms with van der Waals surface area (Å²) in [7, 11) is 0. The molecule has 8 heteroatoms. The van der Waals surface area contributed by atoms with Gasteiger partial charge in [0.05, 0.1) is 18.0 Å². The van der Waals surface area contributed by atoms with Gasteiger partial charge < -0.3 is 0 Å². The Labute approximate surface area is 187 Å². The molecular formula is C24H30N4O4. The van der Waals surface area contributed by atoms with Gasteiger partial charge in [-0.25, -0.2) is 10.5 Å². The molecule has 2 N–H and O–H groups in total. The third-order valence-corrected chi connectivity index (χ3v) is 6.69. The number of nitrogens with one attached hydrogen (secondary N) is 1. The molecular weight excluding hydrogens is 408 g/mol. The van der Waals surface area contributed by atoms with E-state index in [-0.39, 0.29) is 24.7 Å². The zero-order chi connectivity index (χ0) is 22.5. The Kier molecular flexibility index (Phi) is 7.12. The van der Waals surface area contributed by atoms with Gasteiger partial charge in [-0.05, 0) is 36.5 Å². The maximum absolute atomic E-state index is 13.4. The van der Waals surface area contributed by atoms with E-state index >= 15 is 0 Å². The summed E-state index contributed by atoms with van der Waals surface area (Å²) in [6, 6.07) is 8.97. The van der Waals surface area contributed by atoms with Crippen LogP contribution in [0.2, 0.25) is 0 Å². The number of fused-ring (bicyclic) bond motifs is 1. The monoisotopic (exact) mass is 438 g/mol. The molecule has 1 saturated heterocycles. The van der Waals surface area contributed by atoms with Crippen LogP contribution >= 0.6 is 0 Å². The van der Waals surface area contributed by atoms with Crippen LogP contribution in [0.5, 0.6) is 0 Å². The lowest BCUT2D eigenvalue weighted by atomic mass is 9.91. The highest BCUT2D eigenvalue weighted by Gasteiger charge is 2.38. The molecule has 0 bridgehead atoms. The number of amides is 2. The first-order chi connectivity index (χ1) is 15.6. The van der Waals surface area contributed by atoms with Crippen molar-refractivity contribution in [3.63, 3.8) is 0 Å². The number of rotatable bonds is 9. The summed E-state index contributed by atoms with van der Waals surface area (Å²) >= 11 is 0. The van der Waals surface area contributed by atoms with Crippen LogP contribution in [0.3, 0.4) is 0 Å². The largest absolute Gasteiger partial charge is 0.297 e. The van der Waals surface area contributed by atoms with Crippen LogP contribution in [0.25, 0.3) is 10.9 Å². The van der Waals surface area contributed by atoms with E-state index < -0.39 is 12.0 Å². The first-order valence-electron chi connectivity index (χ1n) is 11.4. The van der Waals surface area contributed by atoms with E-state index in [4.69, 9.17) is 0 Å². The fraction of sp³-hybridized carbons (Fsp3) is 0.500. The number of Topliss-reactive ketones (excluding diaryl/α,β-unsaturated/α-hetero) is 1. The van der Waals surface area contributed by atoms with Crippen LogP contribution in [0.4, 0.5) is 0 Å². The fourth-order valence-electron chi connectivity index (χ4n) is 5.09. The van der Waals surface area contributed by atoms with Gasteiger partial charge in [-0.1, -0.05) is 43.9 Å². The van der Waals surface area contributed by atoms with Crippen LogP contribution in [0.15, 0.2) is 36.5 Å². The van der Waals surface area contributed by atoms with E-state index in [9.17, 15) is 19.6 Å². The van der Waals surface area contributed by atoms with E-state index in [1.165, 1.54) is 5.01 Å². The van der Waals surface area contributed by atoms with Gasteiger partial charge in [0.25, 0.3) is 0 Å². The first kappa shape index (κ1) is 22.4. The molecule has 2 atom stereocenters. The van der Waals surface area contributed by atoms with Crippen molar-refractivity contribution in [1.29, 1.82) is 0 Å². The molecule has 2 fully saturated rings. The number of hydrogen-bond donors (Lipinski definition) is 2. The second kappa shape index (κ2) is 10.2. The van der Waals surface area contributed by atoms with Crippen molar-refractivity contribution in [2.75, 3.05) is 13.1 Å². The number of hydrazine groups is 1. The molecule has 1 aliphatic carbocycles. The minimum atomic E-state index is -0.566. The highest BCUT2D eigenvalue weighted by atomic mass is 16.5. The normalized spacial score (nSPS) is 19.9. The number of hydroxylamine groups is 2. The highest BCUT2D eigenvalue weighted by molar-refractivity contribution is 5.94. The molecule has 0 spiro atoms. The lowest BCUT2D eigenvalue weighted by Crippen LogP contribution is -2.50. The summed E-state index contributed by atoms with van der Waals surface area (Å²) in [5.41, 5.74) is 4.80. The highest BCUT2D eigenvalue weighted by Crippen LogP contribution is 2.32. The van der Waals surface area contributed by atoms with E-state index in [0.29, 0.717) is 36.8 Å². The predicted molar refractivity (Wildman–Crippen MR) is 118 cm³/mol. The number of hydrogen-bond acceptors (Lipinski definition) is 6. The van der Waals surface area contributed by atoms with Gasteiger partial charge in [0.2, 0.25) is 12.3 Å². The molecule has 170 valence electrons. The van der Waals surface area contributed by atoms with Crippen molar-refractivity contribution < 1.29 is 19.6 Å². The smallest absolute Gasteiger partial charge is 0.242 e. The van der Waals surface area contributed by atoms with Crippen LogP contribution < -0.4 is 5.43 Å². The number of benzene rings is 1. The Morgan fingerprint density at radius 3 is 2.81 bits per heavy atom. The fourth-order valence-corrected chi connectivity index (χ4v) is 5.09. The molecule has 1 aliphatic heterocycles. The van der Waals surface area contributed by atoms with Crippen molar-refractivity contribution >= 4 is 29.0 Å². The second-order valence-electron chi connectivity index (χ2n) is 8.86. The molecule has 8 nitrogen and oxygen atoms in total. The lowest BCUT2D eigenvalue weighted by Gasteiger charge is -2.30. The Balaban J connectivity index is 1.49. The summed E-state index contributed by atoms with van der Waals surface area (Å²) in [6.45, 7) is 0.471. The number of nitrogens with zero attached hydrogens (tertiary/aromatic N) is 3. The van der Waals surface area contributed by atoms with E-state index in [1.807, 2.05) is 30.3 Å². The molecule has 1 saturated carbocycles. The standard InChI is InChI=1S/C24H30N4O4/c29-16-27(32)15-19(13-17-5-1-2-6-17)24(31)28-22(10-12-26-28)23(30)14-18-7-3-9-21-20(18)8-4-11-25-21/h3-4,7-9,11,16-17,19,22,26,32H,1-2,5-6,10,12-15H2/t19-,22+/m1/s1. The molecule has 2 aliphatic rings. The maximum Gasteiger partial charge on any atom is 0.242 e. The molecule has 1 aromatic carbocycles. The first-order valence-corrected chi connectivity index (χ1v) is 11.4. The zero-order valence-corrected chi connectivity index (χ0v) is 18.2. The van der Waals surface area contributed by atoms with Gasteiger partial charge in [-0.2, -0.15) is 0 Å². The number of carbonyl (C=O) groups excluding carboxylic acids is 3. The Bertz CT molecular complexity index is 970. The van der Waals surface area contributed by atoms with Crippen molar-refractivity contribution in [3.05, 3.63) is 42.1 Å². The van der Waals surface area contributed by atoms with E-state index in [2.05, 4.69) is 10.4 Å². The molecule has 2 heterocycles. The second-order valence-corrected chi connectivity index (χ2v) is 8.86. The molecule has 4 rings (SSSR count). The van der Waals surface area contributed by atoms with Crippen molar-refractivity contribution in [2.45, 2.75) is 51.0 Å². The summed E-state index contributed by atoms with van der Waals surface area (Å²) < 4.78 is 0. The van der Waals surface area contributed by atoms with Gasteiger partial charge in [0.1, 0.15) is 6.04 Å². The SMILES string of the molecule is O=CN(O)C[C@@H](CC1CCCC1)C(=O)N1NCC[C@H]1C(=O)Cc1cccc2ncccc12. The van der Waals surface area contributed by atoms with Crippen molar-refractivity contribution in [3.8, 4) is 0 Å². The predicted octanol–water partition coefficient (Wildman–Crippen LogP) is 2.50. The van der Waals surface area contributed by atoms with Crippen molar-refractivity contribution in [1.82, 2.24) is 20.5 Å². The quantitative estimate of drug-likeness (QED) is 0.354. The number of aromatic nitrogens is 1. The van der Waals surface area contributed by atoms with Crippen LogP contribution in [-0.2, 0) is 20.8 Å². The van der Waals surface area contributed by atoms with Gasteiger partial charge >= 0.3 is 0 Å². The molecule has 0 unspecified atom stereocenters. The zero-order valence-electron chi connectivity index (χ0n) is 18.2. The lowest BCUT2D eigenvalue weighted by molar-refractivity contribution is -0.159. The molecule has 0 radical (unpaired) electrons. The van der Waals surface area contributed by atoms with Crippen LogP contribution in [0.1, 0.15) is 44.1 Å². The third kappa shape index (κ3) is 4.97. The van der Waals surface area contributed by atoms with Gasteiger partial charge in [-0.15, -0.1) is 0 Å². The topological polar surface area (TPSA) is 103 Å². The number of pyridine rings is 1. The maximum atomic E-state index is 13.4. The van der Waals surface area contributed by atoms with Crippen LogP contribution in [-0.4, -0.2) is 57.5 Å². The average molecular weight is 439 g/mol. The van der Waals surface area contributed by atoms with Crippen molar-refractivity contribution in [2.24, 2.45) is 11.8 Å². The Hall–Kier alpha value is -2.84. The van der Waals surface area contributed by atoms with E-state index in [0.717, 1.165) is 42.1 Å². The minimum Gasteiger partial charge on any atom is -0.297 e. The minimum absolute atomic E-state index is 0.0319. The Morgan fingerprint density at radius 2 is 2.03 bits per heavy atom. The Morgan fingerprint density at radius 1 is 1.22 bits per heavy atom. The molecule has 32 heavy (non-hydrogen) atoms. The molecule has 2 aromatic rings. The van der Waals surface area contributed by atoms with E-state index in [1.54, 1.807) is 6.20 Å². The number of carbonyl (C=O) groups is 3. The molecule has 2 amide bonds. The van der Waals surface area contributed by atoms with Crippen LogP contribution in [0, 0.1) is 11.8 Å². The summed E-state index contributed by atoms with van der Waals surface area (Å²) in [4.78, 5) is 42.0. The van der Waals surface area contributed by atoms with Gasteiger partial charge in [0.15, 0.2) is 5.78 Å². The number of ketones is 1. The summed E-state index contributed by atoms with van der Waals surface area (Å²) in [6.07, 6.45) is 7.82. The summed E-state index contributed by atoms with van der Waals surface area (Å²) in [5, 5.41) is 12.7. The van der Waals surface area contributed by atoms with Gasteiger partial charge in [-0.3, -0.25) is 29.6 Å². The third-order valence-electron chi connectivity index (χ3n) is 6.69. The molecule has 1 aromatic heterocycles. The summed E-state index contributed by atoms with van der Waals surface area (Å²) in [5.74, 6) is -0.399. The van der Waals surface area contributed by atoms with Gasteiger partial charge in [0, 0.05) is 24.5 Å². The average Bonchev–Trinajstić information content (AvgIpc) is 3.50.